The summed E-state index contributed by atoms with van der Waals surface area (Å²) in [5.74, 6) is 1.49. The smallest absolute Gasteiger partial charge is 0.263 e. The second-order valence-corrected chi connectivity index (χ2v) is 5.79. The van der Waals surface area contributed by atoms with E-state index in [1.807, 2.05) is 6.92 Å². The maximum atomic E-state index is 12.7. The molecular formula is C17H19N5O3. The zero-order valence-electron chi connectivity index (χ0n) is 14.1. The van der Waals surface area contributed by atoms with Gasteiger partial charge in [-0.05, 0) is 26.0 Å². The third-order valence-corrected chi connectivity index (χ3v) is 3.94. The van der Waals surface area contributed by atoms with Gasteiger partial charge in [-0.3, -0.25) is 9.89 Å². The van der Waals surface area contributed by atoms with E-state index < -0.39 is 6.10 Å². The lowest BCUT2D eigenvalue weighted by Crippen LogP contribution is -2.47. The number of nitrogens with zero attached hydrogens (tertiary/aromatic N) is 4. The lowest BCUT2D eigenvalue weighted by Gasteiger charge is -2.33. The zero-order valence-corrected chi connectivity index (χ0v) is 14.1. The van der Waals surface area contributed by atoms with Crippen molar-refractivity contribution in [1.82, 2.24) is 20.1 Å². The molecule has 1 amide bonds. The molecule has 2 aromatic rings. The number of H-pyrrole nitrogens is 1. The van der Waals surface area contributed by atoms with Gasteiger partial charge in [-0.25, -0.2) is 4.98 Å². The van der Waals surface area contributed by atoms with Gasteiger partial charge < -0.3 is 14.4 Å². The largest absolute Gasteiger partial charge is 0.480 e. The van der Waals surface area contributed by atoms with Crippen LogP contribution in [0.3, 0.4) is 0 Å². The van der Waals surface area contributed by atoms with Crippen molar-refractivity contribution in [3.05, 3.63) is 41.5 Å². The van der Waals surface area contributed by atoms with Gasteiger partial charge in [-0.15, -0.1) is 0 Å². The van der Waals surface area contributed by atoms with Crippen LogP contribution in [0.5, 0.6) is 5.75 Å². The highest BCUT2D eigenvalue weighted by Gasteiger charge is 2.31. The normalized spacial score (nSPS) is 18.4. The Hall–Kier alpha value is -2.92. The molecule has 1 fully saturated rings. The molecule has 0 radical (unpaired) electrons. The Morgan fingerprint density at radius 3 is 3.04 bits per heavy atom. The molecule has 3 rings (SSSR count). The molecule has 1 aliphatic heterocycles. The molecule has 2 atom stereocenters. The quantitative estimate of drug-likeness (QED) is 0.900. The summed E-state index contributed by atoms with van der Waals surface area (Å²) >= 11 is 0. The van der Waals surface area contributed by atoms with Crippen molar-refractivity contribution in [2.75, 3.05) is 19.7 Å². The predicted octanol–water partition coefficient (Wildman–Crippen LogP) is 1.35. The van der Waals surface area contributed by atoms with E-state index in [9.17, 15) is 4.79 Å². The number of carbonyl (C=O) groups is 1. The number of hydrogen-bond donors (Lipinski definition) is 1. The van der Waals surface area contributed by atoms with Crippen molar-refractivity contribution in [3.63, 3.8) is 0 Å². The zero-order chi connectivity index (χ0) is 17.8. The maximum absolute atomic E-state index is 12.7. The molecule has 1 aromatic heterocycles. The number of rotatable bonds is 4. The van der Waals surface area contributed by atoms with Gasteiger partial charge in [0.2, 0.25) is 0 Å². The number of nitrogens with one attached hydrogen (secondary N) is 1. The summed E-state index contributed by atoms with van der Waals surface area (Å²) in [6.07, 6.45) is -1.07. The van der Waals surface area contributed by atoms with E-state index in [1.54, 1.807) is 36.1 Å². The number of ether oxygens (including phenoxy) is 2. The number of carbonyl (C=O) groups excluding carboxylic acids is 1. The van der Waals surface area contributed by atoms with Crippen molar-refractivity contribution in [1.29, 1.82) is 5.26 Å². The van der Waals surface area contributed by atoms with Crippen LogP contribution in [0.2, 0.25) is 0 Å². The third kappa shape index (κ3) is 3.78. The third-order valence-electron chi connectivity index (χ3n) is 3.94. The Balaban J connectivity index is 1.66. The number of para-hydroxylation sites is 1. The number of benzene rings is 1. The summed E-state index contributed by atoms with van der Waals surface area (Å²) in [6.45, 7) is 4.74. The van der Waals surface area contributed by atoms with E-state index in [1.165, 1.54) is 0 Å². The first-order chi connectivity index (χ1) is 12.1. The molecule has 1 N–H and O–H groups in total. The van der Waals surface area contributed by atoms with E-state index in [-0.39, 0.29) is 12.0 Å². The summed E-state index contributed by atoms with van der Waals surface area (Å²) in [6, 6.07) is 8.92. The second-order valence-electron chi connectivity index (χ2n) is 5.79. The first-order valence-electron chi connectivity index (χ1n) is 8.03. The van der Waals surface area contributed by atoms with Crippen LogP contribution in [0.15, 0.2) is 24.3 Å². The molecule has 8 heteroatoms. The second kappa shape index (κ2) is 7.32. The molecule has 0 unspecified atom stereocenters. The van der Waals surface area contributed by atoms with Gasteiger partial charge in [-0.1, -0.05) is 12.1 Å². The molecule has 1 saturated heterocycles. The minimum Gasteiger partial charge on any atom is -0.480 e. The highest BCUT2D eigenvalue weighted by atomic mass is 16.5. The van der Waals surface area contributed by atoms with Crippen LogP contribution < -0.4 is 4.74 Å². The Labute approximate surface area is 145 Å². The standard InChI is InChI=1S/C17H19N5O3/c1-11(25-14-6-4-3-5-13(14)9-18)17(23)22-7-8-24-15(10-22)16-19-12(2)20-21-16/h3-6,11,15H,7-8,10H2,1-2H3,(H,19,20,21)/t11-,15+/m1/s1. The van der Waals surface area contributed by atoms with Crippen molar-refractivity contribution < 1.29 is 14.3 Å². The van der Waals surface area contributed by atoms with E-state index in [4.69, 9.17) is 14.7 Å². The molecule has 1 aromatic carbocycles. The van der Waals surface area contributed by atoms with Gasteiger partial charge in [0.05, 0.1) is 18.7 Å². The molecule has 0 saturated carbocycles. The van der Waals surface area contributed by atoms with Crippen molar-refractivity contribution >= 4 is 5.91 Å². The lowest BCUT2D eigenvalue weighted by molar-refractivity contribution is -0.146. The SMILES string of the molecule is Cc1nc([C@@H]2CN(C(=O)[C@@H](C)Oc3ccccc3C#N)CCO2)n[nH]1. The highest BCUT2D eigenvalue weighted by molar-refractivity contribution is 5.81. The monoisotopic (exact) mass is 341 g/mol. The number of aromatic nitrogens is 3. The molecule has 0 spiro atoms. The van der Waals surface area contributed by atoms with Crippen LogP contribution in [0, 0.1) is 18.3 Å². The van der Waals surface area contributed by atoms with E-state index >= 15 is 0 Å². The van der Waals surface area contributed by atoms with E-state index in [0.29, 0.717) is 42.7 Å². The first kappa shape index (κ1) is 16.9. The maximum Gasteiger partial charge on any atom is 0.263 e. The number of nitriles is 1. The first-order valence-corrected chi connectivity index (χ1v) is 8.03. The van der Waals surface area contributed by atoms with Gasteiger partial charge in [0, 0.05) is 6.54 Å². The Morgan fingerprint density at radius 2 is 2.32 bits per heavy atom. The minimum absolute atomic E-state index is 0.159. The fraction of sp³-hybridized carbons (Fsp3) is 0.412. The number of aromatic amines is 1. The summed E-state index contributed by atoms with van der Waals surface area (Å²) in [5, 5.41) is 16.0. The molecule has 0 aliphatic carbocycles. The van der Waals surface area contributed by atoms with Gasteiger partial charge in [0.15, 0.2) is 11.9 Å². The van der Waals surface area contributed by atoms with E-state index in [0.717, 1.165) is 0 Å². The van der Waals surface area contributed by atoms with Gasteiger partial charge >= 0.3 is 0 Å². The average Bonchev–Trinajstić information content (AvgIpc) is 3.08. The van der Waals surface area contributed by atoms with Gasteiger partial charge in [0.25, 0.3) is 5.91 Å². The molecule has 2 heterocycles. The van der Waals surface area contributed by atoms with Gasteiger partial charge in [0.1, 0.15) is 23.7 Å². The molecule has 0 bridgehead atoms. The number of hydrogen-bond acceptors (Lipinski definition) is 6. The number of aryl methyl sites for hydroxylation is 1. The molecule has 25 heavy (non-hydrogen) atoms. The summed E-state index contributed by atoms with van der Waals surface area (Å²) in [5.41, 5.74) is 0.401. The van der Waals surface area contributed by atoms with Crippen LogP contribution in [-0.2, 0) is 9.53 Å². The number of amides is 1. The molecular weight excluding hydrogens is 322 g/mol. The molecule has 130 valence electrons. The average molecular weight is 341 g/mol. The number of morpholine rings is 1. The Kier molecular flexibility index (Phi) is 4.95. The van der Waals surface area contributed by atoms with Crippen LogP contribution >= 0.6 is 0 Å². The minimum atomic E-state index is -0.706. The van der Waals surface area contributed by atoms with Crippen LogP contribution in [0.25, 0.3) is 0 Å². The van der Waals surface area contributed by atoms with Crippen LogP contribution in [0.4, 0.5) is 0 Å². The Bertz CT molecular complexity index is 798. The van der Waals surface area contributed by atoms with Gasteiger partial charge in [-0.2, -0.15) is 10.4 Å². The van der Waals surface area contributed by atoms with Crippen molar-refractivity contribution in [3.8, 4) is 11.8 Å². The summed E-state index contributed by atoms with van der Waals surface area (Å²) < 4.78 is 11.4. The fourth-order valence-corrected chi connectivity index (χ4v) is 2.67. The van der Waals surface area contributed by atoms with Crippen molar-refractivity contribution in [2.45, 2.75) is 26.1 Å². The van der Waals surface area contributed by atoms with Crippen molar-refractivity contribution in [2.24, 2.45) is 0 Å². The highest BCUT2D eigenvalue weighted by Crippen LogP contribution is 2.22. The lowest BCUT2D eigenvalue weighted by atomic mass is 10.2. The van der Waals surface area contributed by atoms with Crippen LogP contribution in [0.1, 0.15) is 30.2 Å². The Morgan fingerprint density at radius 1 is 1.52 bits per heavy atom. The fourth-order valence-electron chi connectivity index (χ4n) is 2.67. The van der Waals surface area contributed by atoms with E-state index in [2.05, 4.69) is 21.3 Å². The predicted molar refractivity (Wildman–Crippen MR) is 87.6 cm³/mol. The molecule has 8 nitrogen and oxygen atoms in total. The van der Waals surface area contributed by atoms with Crippen LogP contribution in [-0.4, -0.2) is 51.8 Å². The topological polar surface area (TPSA) is 104 Å². The summed E-state index contributed by atoms with van der Waals surface area (Å²) in [7, 11) is 0. The molecule has 1 aliphatic rings. The summed E-state index contributed by atoms with van der Waals surface area (Å²) in [4.78, 5) is 18.6.